The molecule has 0 aliphatic carbocycles. The predicted molar refractivity (Wildman–Crippen MR) is 117 cm³/mol. The minimum atomic E-state index is -0.00514. The van der Waals surface area contributed by atoms with Crippen molar-refractivity contribution in [3.05, 3.63) is 53.3 Å². The molecule has 26 heavy (non-hydrogen) atoms. The summed E-state index contributed by atoms with van der Waals surface area (Å²) < 4.78 is 7.62. The summed E-state index contributed by atoms with van der Waals surface area (Å²) in [6, 6.07) is 12.3. The molecule has 2 N–H and O–H groups in total. The fourth-order valence-electron chi connectivity index (χ4n) is 2.75. The predicted octanol–water partition coefficient (Wildman–Crippen LogP) is 3.06. The number of halogens is 1. The first-order valence-electron chi connectivity index (χ1n) is 8.67. The molecule has 0 saturated heterocycles. The molecule has 0 bridgehead atoms. The van der Waals surface area contributed by atoms with Crippen LogP contribution in [0.1, 0.15) is 29.5 Å². The first-order chi connectivity index (χ1) is 12.1. The Morgan fingerprint density at radius 3 is 2.54 bits per heavy atom. The Labute approximate surface area is 173 Å². The second-order valence-electron chi connectivity index (χ2n) is 6.02. The Bertz CT molecular complexity index is 672. The molecule has 0 saturated carbocycles. The molecule has 0 radical (unpaired) electrons. The minimum absolute atomic E-state index is 0. The summed E-state index contributed by atoms with van der Waals surface area (Å²) in [4.78, 5) is 4.27. The molecule has 2 rings (SSSR count). The molecule has 0 amide bonds. The van der Waals surface area contributed by atoms with E-state index in [1.165, 1.54) is 5.69 Å². The topological polar surface area (TPSA) is 63.5 Å². The van der Waals surface area contributed by atoms with Crippen LogP contribution in [0, 0.1) is 13.8 Å². The van der Waals surface area contributed by atoms with Crippen molar-refractivity contribution in [2.24, 2.45) is 4.99 Å². The lowest BCUT2D eigenvalue weighted by atomic mass is 10.1. The van der Waals surface area contributed by atoms with Crippen LogP contribution in [0.15, 0.2) is 41.4 Å². The summed E-state index contributed by atoms with van der Waals surface area (Å²) in [5.41, 5.74) is 3.41. The number of benzene rings is 1. The van der Waals surface area contributed by atoms with Gasteiger partial charge in [0.1, 0.15) is 0 Å². The van der Waals surface area contributed by atoms with Gasteiger partial charge in [-0.15, -0.1) is 24.0 Å². The van der Waals surface area contributed by atoms with Crippen molar-refractivity contribution in [3.63, 3.8) is 0 Å². The summed E-state index contributed by atoms with van der Waals surface area (Å²) in [5, 5.41) is 11.1. The molecule has 1 atom stereocenters. The van der Waals surface area contributed by atoms with Crippen molar-refractivity contribution in [3.8, 4) is 0 Å². The van der Waals surface area contributed by atoms with E-state index in [0.29, 0.717) is 6.54 Å². The van der Waals surface area contributed by atoms with Gasteiger partial charge in [0.2, 0.25) is 0 Å². The lowest BCUT2D eigenvalue weighted by Crippen LogP contribution is -2.40. The molecule has 1 aromatic heterocycles. The number of aliphatic imine (C=N–C) groups is 1. The first-order valence-corrected chi connectivity index (χ1v) is 8.67. The van der Waals surface area contributed by atoms with E-state index in [4.69, 9.17) is 4.74 Å². The van der Waals surface area contributed by atoms with Crippen molar-refractivity contribution < 1.29 is 4.74 Å². The van der Waals surface area contributed by atoms with E-state index in [2.05, 4.69) is 45.8 Å². The smallest absolute Gasteiger partial charge is 0.191 e. The molecule has 0 spiro atoms. The van der Waals surface area contributed by atoms with Crippen LogP contribution >= 0.6 is 24.0 Å². The van der Waals surface area contributed by atoms with Crippen LogP contribution in [0.5, 0.6) is 0 Å². The van der Waals surface area contributed by atoms with Gasteiger partial charge in [-0.2, -0.15) is 5.10 Å². The summed E-state index contributed by atoms with van der Waals surface area (Å²) >= 11 is 0. The Morgan fingerprint density at radius 1 is 1.23 bits per heavy atom. The SMILES string of the molecule is CN=C(NCCCn1nc(C)cc1C)NCC(OC)c1ccccc1.I. The standard InChI is InChI=1S/C19H29N5O.HI/c1-15-13-16(2)24(23-15)12-8-11-21-19(20-3)22-14-18(25-4)17-9-6-5-7-10-17;/h5-7,9-10,13,18H,8,11-12,14H2,1-4H3,(H2,20,21,22);1H. The first kappa shape index (κ1) is 22.4. The minimum Gasteiger partial charge on any atom is -0.375 e. The van der Waals surface area contributed by atoms with Gasteiger partial charge in [-0.25, -0.2) is 0 Å². The summed E-state index contributed by atoms with van der Waals surface area (Å²) in [7, 11) is 3.50. The second-order valence-corrected chi connectivity index (χ2v) is 6.02. The van der Waals surface area contributed by atoms with Crippen molar-refractivity contribution >= 4 is 29.9 Å². The maximum absolute atomic E-state index is 5.57. The fourth-order valence-corrected chi connectivity index (χ4v) is 2.75. The Kier molecular flexibility index (Phi) is 10.3. The molecule has 0 aliphatic rings. The van der Waals surface area contributed by atoms with Crippen LogP contribution in [0.4, 0.5) is 0 Å². The quantitative estimate of drug-likeness (QED) is 0.269. The number of guanidine groups is 1. The number of methoxy groups -OCH3 is 1. The number of nitrogens with zero attached hydrogens (tertiary/aromatic N) is 3. The van der Waals surface area contributed by atoms with Gasteiger partial charge in [-0.1, -0.05) is 30.3 Å². The Morgan fingerprint density at radius 2 is 1.96 bits per heavy atom. The maximum Gasteiger partial charge on any atom is 0.191 e. The number of nitrogens with one attached hydrogen (secondary N) is 2. The molecule has 0 aliphatic heterocycles. The number of hydrogen-bond donors (Lipinski definition) is 2. The third kappa shape index (κ3) is 6.95. The third-order valence-electron chi connectivity index (χ3n) is 4.08. The van der Waals surface area contributed by atoms with E-state index in [9.17, 15) is 0 Å². The van der Waals surface area contributed by atoms with E-state index in [1.807, 2.05) is 29.8 Å². The Hall–Kier alpha value is -1.61. The fraction of sp³-hybridized carbons (Fsp3) is 0.474. The highest BCUT2D eigenvalue weighted by atomic mass is 127. The second kappa shape index (κ2) is 11.9. The van der Waals surface area contributed by atoms with Crippen molar-refractivity contribution in [1.82, 2.24) is 20.4 Å². The summed E-state index contributed by atoms with van der Waals surface area (Å²) in [6.45, 7) is 6.50. The normalized spacial score (nSPS) is 12.4. The lowest BCUT2D eigenvalue weighted by Gasteiger charge is -2.18. The Balaban J connectivity index is 0.00000338. The lowest BCUT2D eigenvalue weighted by molar-refractivity contribution is 0.106. The molecule has 7 heteroatoms. The third-order valence-corrected chi connectivity index (χ3v) is 4.08. The van der Waals surface area contributed by atoms with Gasteiger partial charge < -0.3 is 15.4 Å². The average molecular weight is 471 g/mol. The molecule has 0 fully saturated rings. The van der Waals surface area contributed by atoms with E-state index in [1.54, 1.807) is 14.2 Å². The van der Waals surface area contributed by atoms with Gasteiger partial charge in [-0.05, 0) is 31.9 Å². The van der Waals surface area contributed by atoms with E-state index in [0.717, 1.165) is 36.7 Å². The number of rotatable bonds is 8. The zero-order valence-corrected chi connectivity index (χ0v) is 18.4. The largest absolute Gasteiger partial charge is 0.375 e. The van der Waals surface area contributed by atoms with E-state index < -0.39 is 0 Å². The molecule has 6 nitrogen and oxygen atoms in total. The summed E-state index contributed by atoms with van der Waals surface area (Å²) in [6.07, 6.45) is 0.976. The molecular formula is C19H30IN5O. The average Bonchev–Trinajstić information content (AvgIpc) is 2.95. The van der Waals surface area contributed by atoms with Crippen LogP contribution in [-0.2, 0) is 11.3 Å². The summed E-state index contributed by atoms with van der Waals surface area (Å²) in [5.74, 6) is 0.784. The van der Waals surface area contributed by atoms with Gasteiger partial charge in [0.05, 0.1) is 11.8 Å². The van der Waals surface area contributed by atoms with Crippen molar-refractivity contribution in [2.75, 3.05) is 27.2 Å². The van der Waals surface area contributed by atoms with Crippen LogP contribution < -0.4 is 10.6 Å². The molecular weight excluding hydrogens is 441 g/mol. The van der Waals surface area contributed by atoms with Gasteiger partial charge in [0.15, 0.2) is 5.96 Å². The maximum atomic E-state index is 5.57. The molecule has 1 heterocycles. The van der Waals surface area contributed by atoms with E-state index >= 15 is 0 Å². The molecule has 2 aromatic rings. The molecule has 144 valence electrons. The van der Waals surface area contributed by atoms with Crippen LogP contribution in [-0.4, -0.2) is 43.0 Å². The highest BCUT2D eigenvalue weighted by Crippen LogP contribution is 2.14. The number of aryl methyl sites for hydroxylation is 3. The van der Waals surface area contributed by atoms with Crippen LogP contribution in [0.3, 0.4) is 0 Å². The van der Waals surface area contributed by atoms with Crippen molar-refractivity contribution in [1.29, 1.82) is 0 Å². The van der Waals surface area contributed by atoms with Gasteiger partial charge in [0.25, 0.3) is 0 Å². The zero-order chi connectivity index (χ0) is 18.1. The molecule has 1 unspecified atom stereocenters. The van der Waals surface area contributed by atoms with Crippen LogP contribution in [0.25, 0.3) is 0 Å². The number of hydrogen-bond acceptors (Lipinski definition) is 3. The van der Waals surface area contributed by atoms with Gasteiger partial charge in [-0.3, -0.25) is 9.67 Å². The van der Waals surface area contributed by atoms with Gasteiger partial charge in [0, 0.05) is 39.5 Å². The van der Waals surface area contributed by atoms with Crippen LogP contribution in [0.2, 0.25) is 0 Å². The van der Waals surface area contributed by atoms with Crippen molar-refractivity contribution in [2.45, 2.75) is 32.9 Å². The monoisotopic (exact) mass is 471 g/mol. The number of ether oxygens (including phenoxy) is 1. The highest BCUT2D eigenvalue weighted by molar-refractivity contribution is 14.0. The molecule has 1 aromatic carbocycles. The highest BCUT2D eigenvalue weighted by Gasteiger charge is 2.10. The zero-order valence-electron chi connectivity index (χ0n) is 16.0. The number of aromatic nitrogens is 2. The van der Waals surface area contributed by atoms with E-state index in [-0.39, 0.29) is 30.1 Å². The van der Waals surface area contributed by atoms with Gasteiger partial charge >= 0.3 is 0 Å².